The molecule has 1 saturated heterocycles. The number of hydrogen-bond acceptors (Lipinski definition) is 5. The molecule has 34 heavy (non-hydrogen) atoms. The second kappa shape index (κ2) is 9.93. The van der Waals surface area contributed by atoms with E-state index in [1.54, 1.807) is 11.1 Å². The summed E-state index contributed by atoms with van der Waals surface area (Å²) in [5.74, 6) is -0.463. The van der Waals surface area contributed by atoms with E-state index in [0.717, 1.165) is 40.7 Å². The van der Waals surface area contributed by atoms with Gasteiger partial charge in [-0.1, -0.05) is 12.1 Å². The molecule has 1 fully saturated rings. The Balaban J connectivity index is 1.60. The molecule has 4 rings (SSSR count). The minimum absolute atomic E-state index is 0.0607. The van der Waals surface area contributed by atoms with Gasteiger partial charge in [-0.05, 0) is 70.7 Å². The number of fused-ring (bicyclic) bond motifs is 1. The van der Waals surface area contributed by atoms with E-state index in [2.05, 4.69) is 15.4 Å². The average molecular weight is 464 g/mol. The van der Waals surface area contributed by atoms with Crippen LogP contribution in [0.5, 0.6) is 0 Å². The maximum atomic E-state index is 13.7. The molecule has 0 bridgehead atoms. The van der Waals surface area contributed by atoms with Crippen LogP contribution in [0.1, 0.15) is 59.9 Å². The van der Waals surface area contributed by atoms with E-state index in [4.69, 9.17) is 4.74 Å². The summed E-state index contributed by atoms with van der Waals surface area (Å²) >= 11 is 0. The van der Waals surface area contributed by atoms with Gasteiger partial charge in [-0.15, -0.1) is 0 Å². The SMILES string of the molecule is Cc1cccc(NC(=O)CN(CC2CCCO2)C(=O)c2cc3cnn(C(C)C)c3nc2C)c1C. The fraction of sp³-hybridized carbons (Fsp3) is 0.462. The number of rotatable bonds is 7. The number of nitrogens with one attached hydrogen (secondary N) is 1. The van der Waals surface area contributed by atoms with Crippen LogP contribution in [-0.2, 0) is 9.53 Å². The molecule has 0 spiro atoms. The van der Waals surface area contributed by atoms with Gasteiger partial charge in [-0.25, -0.2) is 9.67 Å². The summed E-state index contributed by atoms with van der Waals surface area (Å²) in [6.07, 6.45) is 3.50. The van der Waals surface area contributed by atoms with Crippen molar-refractivity contribution >= 4 is 28.5 Å². The summed E-state index contributed by atoms with van der Waals surface area (Å²) in [5, 5.41) is 8.20. The van der Waals surface area contributed by atoms with Crippen LogP contribution in [0.2, 0.25) is 0 Å². The summed E-state index contributed by atoms with van der Waals surface area (Å²) < 4.78 is 7.63. The number of hydrogen-bond donors (Lipinski definition) is 1. The van der Waals surface area contributed by atoms with Crippen LogP contribution in [0.4, 0.5) is 5.69 Å². The number of carbonyl (C=O) groups excluding carboxylic acids is 2. The molecule has 2 amide bonds. The van der Waals surface area contributed by atoms with Gasteiger partial charge in [0.2, 0.25) is 5.91 Å². The minimum Gasteiger partial charge on any atom is -0.376 e. The Kier molecular flexibility index (Phi) is 6.97. The van der Waals surface area contributed by atoms with E-state index in [1.165, 1.54) is 0 Å². The number of benzene rings is 1. The van der Waals surface area contributed by atoms with Crippen LogP contribution in [0, 0.1) is 20.8 Å². The summed E-state index contributed by atoms with van der Waals surface area (Å²) in [5.41, 5.74) is 4.72. The minimum atomic E-state index is -0.237. The molecule has 2 aromatic heterocycles. The van der Waals surface area contributed by atoms with Gasteiger partial charge in [-0.2, -0.15) is 5.10 Å². The summed E-state index contributed by atoms with van der Waals surface area (Å²) in [7, 11) is 0. The Bertz CT molecular complexity index is 1210. The van der Waals surface area contributed by atoms with E-state index < -0.39 is 0 Å². The van der Waals surface area contributed by atoms with Crippen molar-refractivity contribution in [2.75, 3.05) is 25.0 Å². The summed E-state index contributed by atoms with van der Waals surface area (Å²) in [6.45, 7) is 10.9. The van der Waals surface area contributed by atoms with Crippen molar-refractivity contribution in [1.82, 2.24) is 19.7 Å². The monoisotopic (exact) mass is 463 g/mol. The van der Waals surface area contributed by atoms with Crippen molar-refractivity contribution in [1.29, 1.82) is 0 Å². The van der Waals surface area contributed by atoms with E-state index in [1.807, 2.05) is 63.6 Å². The van der Waals surface area contributed by atoms with Crippen molar-refractivity contribution in [2.45, 2.75) is 59.6 Å². The molecule has 1 atom stereocenters. The highest BCUT2D eigenvalue weighted by atomic mass is 16.5. The van der Waals surface area contributed by atoms with Crippen LogP contribution >= 0.6 is 0 Å². The van der Waals surface area contributed by atoms with Crippen molar-refractivity contribution < 1.29 is 14.3 Å². The van der Waals surface area contributed by atoms with E-state index >= 15 is 0 Å². The zero-order valence-electron chi connectivity index (χ0n) is 20.6. The molecule has 3 aromatic rings. The highest BCUT2D eigenvalue weighted by molar-refractivity contribution is 6.01. The predicted octanol–water partition coefficient (Wildman–Crippen LogP) is 4.20. The number of pyridine rings is 1. The second-order valence-corrected chi connectivity index (χ2v) is 9.33. The molecule has 0 aliphatic carbocycles. The van der Waals surface area contributed by atoms with Crippen molar-refractivity contribution in [3.8, 4) is 0 Å². The first-order valence-corrected chi connectivity index (χ1v) is 11.9. The first kappa shape index (κ1) is 23.9. The van der Waals surface area contributed by atoms with Gasteiger partial charge in [0, 0.05) is 30.3 Å². The second-order valence-electron chi connectivity index (χ2n) is 9.33. The predicted molar refractivity (Wildman–Crippen MR) is 132 cm³/mol. The topological polar surface area (TPSA) is 89.4 Å². The molecular formula is C26H33N5O3. The number of amides is 2. The Morgan fingerprint density at radius 3 is 2.76 bits per heavy atom. The lowest BCUT2D eigenvalue weighted by Gasteiger charge is -2.26. The van der Waals surface area contributed by atoms with E-state index in [0.29, 0.717) is 24.4 Å². The van der Waals surface area contributed by atoms with E-state index in [-0.39, 0.29) is 30.5 Å². The normalized spacial score (nSPS) is 15.8. The Morgan fingerprint density at radius 2 is 2.06 bits per heavy atom. The van der Waals surface area contributed by atoms with Gasteiger partial charge in [-0.3, -0.25) is 9.59 Å². The molecule has 8 nitrogen and oxygen atoms in total. The highest BCUT2D eigenvalue weighted by Gasteiger charge is 2.27. The average Bonchev–Trinajstić information content (AvgIpc) is 3.45. The molecule has 1 unspecified atom stereocenters. The number of aryl methyl sites for hydroxylation is 2. The van der Waals surface area contributed by atoms with Gasteiger partial charge >= 0.3 is 0 Å². The molecule has 0 radical (unpaired) electrons. The maximum absolute atomic E-state index is 13.7. The Labute approximate surface area is 200 Å². The van der Waals surface area contributed by atoms with Gasteiger partial charge < -0.3 is 15.0 Å². The van der Waals surface area contributed by atoms with Crippen molar-refractivity contribution in [3.63, 3.8) is 0 Å². The number of anilines is 1. The summed E-state index contributed by atoms with van der Waals surface area (Å²) in [6, 6.07) is 7.79. The fourth-order valence-corrected chi connectivity index (χ4v) is 4.33. The molecule has 180 valence electrons. The standard InChI is InChI=1S/C26H33N5O3/c1-16(2)31-25-20(13-27-31)12-22(19(5)28-25)26(33)30(14-21-9-7-11-34-21)15-24(32)29-23-10-6-8-17(3)18(23)4/h6,8,10,12-13,16,21H,7,9,11,14-15H2,1-5H3,(H,29,32). The lowest BCUT2D eigenvalue weighted by molar-refractivity contribution is -0.117. The summed E-state index contributed by atoms with van der Waals surface area (Å²) in [4.78, 5) is 32.9. The van der Waals surface area contributed by atoms with Crippen molar-refractivity contribution in [3.05, 3.63) is 52.8 Å². The quantitative estimate of drug-likeness (QED) is 0.567. The maximum Gasteiger partial charge on any atom is 0.256 e. The molecule has 1 N–H and O–H groups in total. The number of aromatic nitrogens is 3. The van der Waals surface area contributed by atoms with E-state index in [9.17, 15) is 9.59 Å². The molecular weight excluding hydrogens is 430 g/mol. The molecule has 1 aliphatic heterocycles. The number of ether oxygens (including phenoxy) is 1. The first-order valence-electron chi connectivity index (χ1n) is 11.9. The lowest BCUT2D eigenvalue weighted by Crippen LogP contribution is -2.42. The van der Waals surface area contributed by atoms with Gasteiger partial charge in [0.15, 0.2) is 5.65 Å². The van der Waals surface area contributed by atoms with Gasteiger partial charge in [0.1, 0.15) is 6.54 Å². The molecule has 3 heterocycles. The number of carbonyl (C=O) groups is 2. The number of nitrogens with zero attached hydrogens (tertiary/aromatic N) is 4. The van der Waals surface area contributed by atoms with Crippen LogP contribution < -0.4 is 5.32 Å². The lowest BCUT2D eigenvalue weighted by atomic mass is 10.1. The molecule has 1 aromatic carbocycles. The molecule has 0 saturated carbocycles. The largest absolute Gasteiger partial charge is 0.376 e. The zero-order valence-corrected chi connectivity index (χ0v) is 20.6. The third-order valence-electron chi connectivity index (χ3n) is 6.43. The molecule has 1 aliphatic rings. The van der Waals surface area contributed by atoms with Crippen LogP contribution in [0.15, 0.2) is 30.5 Å². The van der Waals surface area contributed by atoms with Gasteiger partial charge in [0.05, 0.1) is 23.6 Å². The Morgan fingerprint density at radius 1 is 1.26 bits per heavy atom. The van der Waals surface area contributed by atoms with Crippen LogP contribution in [0.3, 0.4) is 0 Å². The van der Waals surface area contributed by atoms with Crippen LogP contribution in [0.25, 0.3) is 11.0 Å². The fourth-order valence-electron chi connectivity index (χ4n) is 4.33. The van der Waals surface area contributed by atoms with Crippen LogP contribution in [-0.4, -0.2) is 57.3 Å². The smallest absolute Gasteiger partial charge is 0.256 e. The van der Waals surface area contributed by atoms with Crippen molar-refractivity contribution in [2.24, 2.45) is 0 Å². The zero-order chi connectivity index (χ0) is 24.4. The third-order valence-corrected chi connectivity index (χ3v) is 6.43. The molecule has 8 heteroatoms. The highest BCUT2D eigenvalue weighted by Crippen LogP contribution is 2.22. The first-order chi connectivity index (χ1) is 16.2. The third kappa shape index (κ3) is 4.97. The Hall–Kier alpha value is -3.26. The van der Waals surface area contributed by atoms with Gasteiger partial charge in [0.25, 0.3) is 5.91 Å².